The molecule has 4 atom stereocenters. The third kappa shape index (κ3) is 2.76. The van der Waals surface area contributed by atoms with E-state index in [0.717, 1.165) is 19.5 Å². The molecule has 1 N–H and O–H groups in total. The van der Waals surface area contributed by atoms with Crippen LogP contribution in [0.3, 0.4) is 0 Å². The molecule has 1 unspecified atom stereocenters. The minimum absolute atomic E-state index is 0.0414. The Labute approximate surface area is 148 Å². The van der Waals surface area contributed by atoms with Gasteiger partial charge in [-0.15, -0.1) is 0 Å². The summed E-state index contributed by atoms with van der Waals surface area (Å²) < 4.78 is 5.05. The van der Waals surface area contributed by atoms with Gasteiger partial charge >= 0.3 is 0 Å². The van der Waals surface area contributed by atoms with Gasteiger partial charge in [0.1, 0.15) is 5.76 Å². The van der Waals surface area contributed by atoms with Crippen LogP contribution in [0.25, 0.3) is 0 Å². The molecule has 132 valence electrons. The SMILES string of the molecule is CCC(C)N1C[C@@H]2[C@H](NC(=O)c3cc(C)on3)c3ccccc3[C@@H]2C1. The predicted octanol–water partition coefficient (Wildman–Crippen LogP) is 3.28. The van der Waals surface area contributed by atoms with E-state index in [9.17, 15) is 4.79 Å². The highest BCUT2D eigenvalue weighted by molar-refractivity contribution is 5.92. The van der Waals surface area contributed by atoms with Gasteiger partial charge < -0.3 is 9.84 Å². The third-order valence-electron chi connectivity index (χ3n) is 5.91. The molecular formula is C20H25N3O2. The first-order chi connectivity index (χ1) is 12.1. The topological polar surface area (TPSA) is 58.4 Å². The second-order valence-electron chi connectivity index (χ2n) is 7.38. The van der Waals surface area contributed by atoms with Crippen LogP contribution in [-0.4, -0.2) is 35.1 Å². The summed E-state index contributed by atoms with van der Waals surface area (Å²) in [7, 11) is 0. The highest BCUT2D eigenvalue weighted by Crippen LogP contribution is 2.49. The number of amides is 1. The summed E-state index contributed by atoms with van der Waals surface area (Å²) in [6.07, 6.45) is 1.15. The predicted molar refractivity (Wildman–Crippen MR) is 95.4 cm³/mol. The Hall–Kier alpha value is -2.14. The fourth-order valence-corrected chi connectivity index (χ4v) is 4.38. The number of fused-ring (bicyclic) bond motifs is 3. The lowest BCUT2D eigenvalue weighted by molar-refractivity contribution is 0.0914. The number of carbonyl (C=O) groups is 1. The van der Waals surface area contributed by atoms with Crippen LogP contribution in [0, 0.1) is 12.8 Å². The summed E-state index contributed by atoms with van der Waals surface area (Å²) in [5.41, 5.74) is 3.00. The van der Waals surface area contributed by atoms with Crippen molar-refractivity contribution in [3.05, 3.63) is 52.9 Å². The average Bonchev–Trinajstić information content (AvgIpc) is 3.30. The second kappa shape index (κ2) is 6.30. The van der Waals surface area contributed by atoms with Crippen LogP contribution in [0.15, 0.2) is 34.9 Å². The number of aromatic nitrogens is 1. The molecule has 1 aromatic heterocycles. The molecule has 0 spiro atoms. The van der Waals surface area contributed by atoms with E-state index in [-0.39, 0.29) is 11.9 Å². The first kappa shape index (κ1) is 16.3. The van der Waals surface area contributed by atoms with Crippen LogP contribution < -0.4 is 5.32 Å². The minimum Gasteiger partial charge on any atom is -0.361 e. The van der Waals surface area contributed by atoms with E-state index in [1.807, 2.05) is 0 Å². The maximum Gasteiger partial charge on any atom is 0.273 e. The van der Waals surface area contributed by atoms with Crippen LogP contribution in [0.4, 0.5) is 0 Å². The van der Waals surface area contributed by atoms with Crippen molar-refractivity contribution in [1.82, 2.24) is 15.4 Å². The average molecular weight is 339 g/mol. The molecule has 25 heavy (non-hydrogen) atoms. The zero-order chi connectivity index (χ0) is 17.6. The number of aryl methyl sites for hydroxylation is 1. The summed E-state index contributed by atoms with van der Waals surface area (Å²) >= 11 is 0. The Morgan fingerprint density at radius 1 is 1.36 bits per heavy atom. The monoisotopic (exact) mass is 339 g/mol. The van der Waals surface area contributed by atoms with E-state index in [2.05, 4.69) is 53.5 Å². The van der Waals surface area contributed by atoms with E-state index in [0.29, 0.717) is 29.3 Å². The summed E-state index contributed by atoms with van der Waals surface area (Å²) in [4.78, 5) is 15.2. The van der Waals surface area contributed by atoms with Gasteiger partial charge in [0.2, 0.25) is 0 Å². The zero-order valence-corrected chi connectivity index (χ0v) is 15.0. The van der Waals surface area contributed by atoms with Gasteiger partial charge in [-0.05, 0) is 31.4 Å². The highest BCUT2D eigenvalue weighted by atomic mass is 16.5. The molecular weight excluding hydrogens is 314 g/mol. The lowest BCUT2D eigenvalue weighted by Crippen LogP contribution is -2.35. The number of rotatable bonds is 4. The van der Waals surface area contributed by atoms with Crippen LogP contribution in [-0.2, 0) is 0 Å². The van der Waals surface area contributed by atoms with Crippen LogP contribution in [0.1, 0.15) is 59.6 Å². The minimum atomic E-state index is -0.153. The van der Waals surface area contributed by atoms with Crippen molar-refractivity contribution in [3.63, 3.8) is 0 Å². The molecule has 5 nitrogen and oxygen atoms in total. The molecule has 1 saturated heterocycles. The fourth-order valence-electron chi connectivity index (χ4n) is 4.38. The molecule has 1 aliphatic heterocycles. The van der Waals surface area contributed by atoms with Crippen molar-refractivity contribution in [1.29, 1.82) is 0 Å². The van der Waals surface area contributed by atoms with E-state index in [1.165, 1.54) is 11.1 Å². The van der Waals surface area contributed by atoms with Gasteiger partial charge in [-0.3, -0.25) is 9.69 Å². The van der Waals surface area contributed by atoms with E-state index in [4.69, 9.17) is 4.52 Å². The molecule has 4 rings (SSSR count). The van der Waals surface area contributed by atoms with Gasteiger partial charge in [0.15, 0.2) is 5.69 Å². The maximum atomic E-state index is 12.6. The lowest BCUT2D eigenvalue weighted by Gasteiger charge is -2.26. The molecule has 0 saturated carbocycles. The summed E-state index contributed by atoms with van der Waals surface area (Å²) in [5.74, 6) is 1.41. The van der Waals surface area contributed by atoms with Gasteiger partial charge in [-0.1, -0.05) is 36.3 Å². The van der Waals surface area contributed by atoms with Gasteiger partial charge in [0, 0.05) is 37.0 Å². The van der Waals surface area contributed by atoms with Crippen molar-refractivity contribution >= 4 is 5.91 Å². The van der Waals surface area contributed by atoms with E-state index < -0.39 is 0 Å². The number of carbonyl (C=O) groups excluding carboxylic acids is 1. The Balaban J connectivity index is 1.61. The van der Waals surface area contributed by atoms with Crippen LogP contribution in [0.5, 0.6) is 0 Å². The standard InChI is InChI=1S/C20H25N3O2/c1-4-12(2)23-10-16-14-7-5-6-8-15(14)19(17(16)11-23)21-20(24)18-9-13(3)25-22-18/h5-9,12,16-17,19H,4,10-11H2,1-3H3,(H,21,24)/t12?,16-,17-,19+/m0/s1. The first-order valence-electron chi connectivity index (χ1n) is 9.15. The number of nitrogens with zero attached hydrogens (tertiary/aromatic N) is 2. The summed E-state index contributed by atoms with van der Waals surface area (Å²) in [5, 5.41) is 7.08. The Bertz CT molecular complexity index is 785. The van der Waals surface area contributed by atoms with Crippen molar-refractivity contribution in [2.75, 3.05) is 13.1 Å². The zero-order valence-electron chi connectivity index (χ0n) is 15.0. The first-order valence-corrected chi connectivity index (χ1v) is 9.15. The molecule has 1 fully saturated rings. The Morgan fingerprint density at radius 3 is 2.80 bits per heavy atom. The third-order valence-corrected chi connectivity index (χ3v) is 5.91. The smallest absolute Gasteiger partial charge is 0.273 e. The second-order valence-corrected chi connectivity index (χ2v) is 7.38. The number of nitrogens with one attached hydrogen (secondary N) is 1. The molecule has 2 aromatic rings. The molecule has 1 amide bonds. The lowest BCUT2D eigenvalue weighted by atomic mass is 9.94. The largest absolute Gasteiger partial charge is 0.361 e. The molecule has 2 heterocycles. The maximum absolute atomic E-state index is 12.6. The molecule has 1 aromatic carbocycles. The summed E-state index contributed by atoms with van der Waals surface area (Å²) in [6.45, 7) is 8.42. The Kier molecular flexibility index (Phi) is 4.12. The summed E-state index contributed by atoms with van der Waals surface area (Å²) in [6, 6.07) is 10.8. The van der Waals surface area contributed by atoms with Crippen LogP contribution in [0.2, 0.25) is 0 Å². The molecule has 0 bridgehead atoms. The highest BCUT2D eigenvalue weighted by Gasteiger charge is 2.47. The number of benzene rings is 1. The van der Waals surface area contributed by atoms with Crippen molar-refractivity contribution < 1.29 is 9.32 Å². The molecule has 2 aliphatic rings. The van der Waals surface area contributed by atoms with Gasteiger partial charge in [-0.2, -0.15) is 0 Å². The number of likely N-dealkylation sites (tertiary alicyclic amines) is 1. The molecule has 5 heteroatoms. The van der Waals surface area contributed by atoms with E-state index >= 15 is 0 Å². The van der Waals surface area contributed by atoms with Gasteiger partial charge in [-0.25, -0.2) is 0 Å². The van der Waals surface area contributed by atoms with Crippen molar-refractivity contribution in [3.8, 4) is 0 Å². The van der Waals surface area contributed by atoms with Crippen molar-refractivity contribution in [2.24, 2.45) is 5.92 Å². The van der Waals surface area contributed by atoms with Crippen molar-refractivity contribution in [2.45, 2.75) is 45.2 Å². The quantitative estimate of drug-likeness (QED) is 0.929. The van der Waals surface area contributed by atoms with Crippen LogP contribution >= 0.6 is 0 Å². The normalized spacial score (nSPS) is 26.3. The fraction of sp³-hybridized carbons (Fsp3) is 0.500. The molecule has 0 radical (unpaired) electrons. The number of hydrogen-bond donors (Lipinski definition) is 1. The van der Waals surface area contributed by atoms with Gasteiger partial charge in [0.25, 0.3) is 5.91 Å². The molecule has 1 aliphatic carbocycles. The van der Waals surface area contributed by atoms with E-state index in [1.54, 1.807) is 13.0 Å². The number of hydrogen-bond acceptors (Lipinski definition) is 4. The van der Waals surface area contributed by atoms with Gasteiger partial charge in [0.05, 0.1) is 6.04 Å². The Morgan fingerprint density at radius 2 is 2.12 bits per heavy atom.